The van der Waals surface area contributed by atoms with E-state index in [0.29, 0.717) is 18.0 Å². The number of aliphatic hydroxyl groups excluding tert-OH is 1. The molecule has 0 aromatic heterocycles. The highest BCUT2D eigenvalue weighted by molar-refractivity contribution is 4.81. The first kappa shape index (κ1) is 12.0. The second kappa shape index (κ2) is 5.72. The fraction of sp³-hybridized carbons (Fsp3) is 1.00. The molecule has 2 nitrogen and oxygen atoms in total. The van der Waals surface area contributed by atoms with Gasteiger partial charge in [0.1, 0.15) is 0 Å². The molecule has 0 aromatic carbocycles. The average Bonchev–Trinajstić information content (AvgIpc) is 2.49. The first-order valence-electron chi connectivity index (χ1n) is 5.98. The maximum Gasteiger partial charge on any atom is 0.0584 e. The molecule has 0 aromatic rings. The Balaban J connectivity index is 2.26. The van der Waals surface area contributed by atoms with Gasteiger partial charge in [-0.2, -0.15) is 0 Å². The molecule has 84 valence electrons. The highest BCUT2D eigenvalue weighted by atomic mass is 16.3. The average molecular weight is 199 g/mol. The van der Waals surface area contributed by atoms with Crippen LogP contribution in [0, 0.1) is 11.8 Å². The highest BCUT2D eigenvalue weighted by Crippen LogP contribution is 2.25. The standard InChI is InChI=1S/C12H25NO/c1-9(2)6-12(8-14)13-11-5-4-10(3)7-11/h9-14H,4-8H2,1-3H3. The second-order valence-corrected chi connectivity index (χ2v) is 5.29. The molecule has 0 saturated heterocycles. The van der Waals surface area contributed by atoms with E-state index in [2.05, 4.69) is 26.1 Å². The molecule has 1 saturated carbocycles. The second-order valence-electron chi connectivity index (χ2n) is 5.29. The van der Waals surface area contributed by atoms with Gasteiger partial charge in [-0.05, 0) is 37.5 Å². The third-order valence-corrected chi connectivity index (χ3v) is 3.14. The van der Waals surface area contributed by atoms with Crippen molar-refractivity contribution < 1.29 is 5.11 Å². The molecule has 0 heterocycles. The molecule has 1 rings (SSSR count). The Hall–Kier alpha value is -0.0800. The Morgan fingerprint density at radius 2 is 2.07 bits per heavy atom. The number of hydrogen-bond acceptors (Lipinski definition) is 2. The fourth-order valence-corrected chi connectivity index (χ4v) is 2.46. The van der Waals surface area contributed by atoms with Gasteiger partial charge in [0.25, 0.3) is 0 Å². The van der Waals surface area contributed by atoms with Crippen molar-refractivity contribution in [1.82, 2.24) is 5.32 Å². The van der Waals surface area contributed by atoms with Crippen LogP contribution < -0.4 is 5.32 Å². The van der Waals surface area contributed by atoms with E-state index in [0.717, 1.165) is 12.3 Å². The Kier molecular flexibility index (Phi) is 4.90. The predicted molar refractivity (Wildman–Crippen MR) is 60.3 cm³/mol. The quantitative estimate of drug-likeness (QED) is 0.711. The minimum Gasteiger partial charge on any atom is -0.395 e. The number of aliphatic hydroxyl groups is 1. The van der Waals surface area contributed by atoms with Crippen LogP contribution in [0.1, 0.15) is 46.5 Å². The van der Waals surface area contributed by atoms with E-state index in [-0.39, 0.29) is 6.61 Å². The molecule has 0 spiro atoms. The molecule has 1 aliphatic carbocycles. The number of nitrogens with one attached hydrogen (secondary N) is 1. The van der Waals surface area contributed by atoms with Gasteiger partial charge in [0.2, 0.25) is 0 Å². The van der Waals surface area contributed by atoms with Crippen molar-refractivity contribution in [3.8, 4) is 0 Å². The van der Waals surface area contributed by atoms with E-state index in [1.54, 1.807) is 0 Å². The molecule has 14 heavy (non-hydrogen) atoms. The molecule has 1 fully saturated rings. The van der Waals surface area contributed by atoms with Gasteiger partial charge < -0.3 is 10.4 Å². The zero-order chi connectivity index (χ0) is 10.6. The van der Waals surface area contributed by atoms with Crippen LogP contribution in [0.3, 0.4) is 0 Å². The van der Waals surface area contributed by atoms with Crippen LogP contribution in [-0.2, 0) is 0 Å². The zero-order valence-corrected chi connectivity index (χ0v) is 9.79. The minimum atomic E-state index is 0.281. The Labute approximate surface area is 88.1 Å². The van der Waals surface area contributed by atoms with Gasteiger partial charge >= 0.3 is 0 Å². The summed E-state index contributed by atoms with van der Waals surface area (Å²) in [4.78, 5) is 0. The molecule has 0 aliphatic heterocycles. The highest BCUT2D eigenvalue weighted by Gasteiger charge is 2.23. The third kappa shape index (κ3) is 3.97. The van der Waals surface area contributed by atoms with Gasteiger partial charge in [-0.15, -0.1) is 0 Å². The van der Waals surface area contributed by atoms with Gasteiger partial charge in [0.05, 0.1) is 6.61 Å². The molecule has 0 amide bonds. The van der Waals surface area contributed by atoms with Crippen molar-refractivity contribution in [2.24, 2.45) is 11.8 Å². The lowest BCUT2D eigenvalue weighted by Gasteiger charge is -2.22. The van der Waals surface area contributed by atoms with Crippen molar-refractivity contribution in [2.45, 2.75) is 58.5 Å². The number of rotatable bonds is 5. The topological polar surface area (TPSA) is 32.3 Å². The molecule has 2 N–H and O–H groups in total. The molecular weight excluding hydrogens is 174 g/mol. The van der Waals surface area contributed by atoms with E-state index in [9.17, 15) is 5.11 Å². The van der Waals surface area contributed by atoms with E-state index in [4.69, 9.17) is 0 Å². The van der Waals surface area contributed by atoms with Crippen LogP contribution in [-0.4, -0.2) is 23.8 Å². The first-order chi connectivity index (χ1) is 6.61. The molecule has 2 heteroatoms. The third-order valence-electron chi connectivity index (χ3n) is 3.14. The van der Waals surface area contributed by atoms with Crippen molar-refractivity contribution in [3.05, 3.63) is 0 Å². The molecule has 3 atom stereocenters. The Bertz CT molecular complexity index is 158. The first-order valence-corrected chi connectivity index (χ1v) is 5.98. The van der Waals surface area contributed by atoms with Gasteiger partial charge in [-0.1, -0.05) is 20.8 Å². The van der Waals surface area contributed by atoms with E-state index < -0.39 is 0 Å². The summed E-state index contributed by atoms with van der Waals surface area (Å²) in [6, 6.07) is 0.964. The number of hydrogen-bond donors (Lipinski definition) is 2. The van der Waals surface area contributed by atoms with Crippen molar-refractivity contribution in [1.29, 1.82) is 0 Å². The van der Waals surface area contributed by atoms with Crippen molar-refractivity contribution in [3.63, 3.8) is 0 Å². The fourth-order valence-electron chi connectivity index (χ4n) is 2.46. The molecule has 0 radical (unpaired) electrons. The van der Waals surface area contributed by atoms with Crippen LogP contribution >= 0.6 is 0 Å². The van der Waals surface area contributed by atoms with Crippen LogP contribution in [0.5, 0.6) is 0 Å². The lowest BCUT2D eigenvalue weighted by Crippen LogP contribution is -2.40. The summed E-state index contributed by atoms with van der Waals surface area (Å²) >= 11 is 0. The van der Waals surface area contributed by atoms with Crippen LogP contribution in [0.2, 0.25) is 0 Å². The van der Waals surface area contributed by atoms with E-state index >= 15 is 0 Å². The predicted octanol–water partition coefficient (Wildman–Crippen LogP) is 2.17. The lowest BCUT2D eigenvalue weighted by atomic mass is 10.0. The summed E-state index contributed by atoms with van der Waals surface area (Å²) in [7, 11) is 0. The molecule has 3 unspecified atom stereocenters. The van der Waals surface area contributed by atoms with Gasteiger partial charge in [-0.3, -0.25) is 0 Å². The minimum absolute atomic E-state index is 0.281. The normalized spacial score (nSPS) is 29.8. The Morgan fingerprint density at radius 1 is 1.36 bits per heavy atom. The summed E-state index contributed by atoms with van der Waals surface area (Å²) in [6.45, 7) is 7.02. The van der Waals surface area contributed by atoms with Gasteiger partial charge in [0, 0.05) is 12.1 Å². The summed E-state index contributed by atoms with van der Waals surface area (Å²) in [5.41, 5.74) is 0. The monoisotopic (exact) mass is 199 g/mol. The largest absolute Gasteiger partial charge is 0.395 e. The maximum atomic E-state index is 9.24. The smallest absolute Gasteiger partial charge is 0.0584 e. The van der Waals surface area contributed by atoms with Crippen LogP contribution in [0.15, 0.2) is 0 Å². The van der Waals surface area contributed by atoms with Crippen LogP contribution in [0.25, 0.3) is 0 Å². The van der Waals surface area contributed by atoms with E-state index in [1.807, 2.05) is 0 Å². The summed E-state index contributed by atoms with van der Waals surface area (Å²) < 4.78 is 0. The summed E-state index contributed by atoms with van der Waals surface area (Å²) in [5.74, 6) is 1.53. The molecular formula is C12H25NO. The maximum absolute atomic E-state index is 9.24. The molecule has 0 bridgehead atoms. The summed E-state index contributed by atoms with van der Waals surface area (Å²) in [6.07, 6.45) is 5.00. The van der Waals surface area contributed by atoms with Crippen molar-refractivity contribution >= 4 is 0 Å². The van der Waals surface area contributed by atoms with Crippen molar-refractivity contribution in [2.75, 3.05) is 6.61 Å². The summed E-state index contributed by atoms with van der Waals surface area (Å²) in [5, 5.41) is 12.8. The lowest BCUT2D eigenvalue weighted by molar-refractivity contribution is 0.212. The zero-order valence-electron chi connectivity index (χ0n) is 9.79. The van der Waals surface area contributed by atoms with Gasteiger partial charge in [-0.25, -0.2) is 0 Å². The SMILES string of the molecule is CC(C)CC(CO)NC1CCC(C)C1. The van der Waals surface area contributed by atoms with Crippen LogP contribution in [0.4, 0.5) is 0 Å². The van der Waals surface area contributed by atoms with Gasteiger partial charge in [0.15, 0.2) is 0 Å². The molecule has 1 aliphatic rings. The van der Waals surface area contributed by atoms with E-state index in [1.165, 1.54) is 19.3 Å². The Morgan fingerprint density at radius 3 is 2.50 bits per heavy atom.